The van der Waals surface area contributed by atoms with E-state index in [1.807, 2.05) is 32.0 Å². The van der Waals surface area contributed by atoms with Gasteiger partial charge in [-0.15, -0.1) is 0 Å². The zero-order valence-corrected chi connectivity index (χ0v) is 11.4. The highest BCUT2D eigenvalue weighted by atomic mass is 16.5. The average Bonchev–Trinajstić information content (AvgIpc) is 2.97. The molecule has 102 valence electrons. The first-order valence-corrected chi connectivity index (χ1v) is 6.45. The lowest BCUT2D eigenvalue weighted by Crippen LogP contribution is -2.33. The lowest BCUT2D eigenvalue weighted by Gasteiger charge is -2.16. The van der Waals surface area contributed by atoms with Crippen LogP contribution in [-0.2, 0) is 5.54 Å². The van der Waals surface area contributed by atoms with Crippen molar-refractivity contribution in [3.05, 3.63) is 36.4 Å². The number of aromatic nitrogens is 4. The zero-order valence-electron chi connectivity index (χ0n) is 11.4. The van der Waals surface area contributed by atoms with E-state index in [0.29, 0.717) is 11.7 Å². The molecule has 0 fully saturated rings. The first kappa shape index (κ1) is 12.7. The molecular formula is C14H15N5O. The fourth-order valence-corrected chi connectivity index (χ4v) is 1.89. The number of hydrogen-bond donors (Lipinski definition) is 1. The maximum atomic E-state index is 6.13. The molecule has 0 amide bonds. The van der Waals surface area contributed by atoms with Crippen molar-refractivity contribution in [2.24, 2.45) is 5.73 Å². The van der Waals surface area contributed by atoms with E-state index in [1.165, 1.54) is 0 Å². The lowest BCUT2D eigenvalue weighted by molar-refractivity contribution is 0.379. The van der Waals surface area contributed by atoms with E-state index < -0.39 is 5.54 Å². The molecule has 0 aliphatic heterocycles. The maximum Gasteiger partial charge on any atom is 0.260 e. The first-order valence-electron chi connectivity index (χ1n) is 6.45. The summed E-state index contributed by atoms with van der Waals surface area (Å²) in [5.74, 6) is 0.909. The molecule has 1 aromatic carbocycles. The molecule has 2 aromatic heterocycles. The standard InChI is InChI=1S/C14H15N5O/c1-3-14(2,15)13-18-12(20-19-13)9-5-4-6-10-11(9)17-8-7-16-10/h4-8H,3,15H2,1-2H3. The van der Waals surface area contributed by atoms with Crippen LogP contribution in [0.15, 0.2) is 35.1 Å². The average molecular weight is 269 g/mol. The molecule has 1 unspecified atom stereocenters. The summed E-state index contributed by atoms with van der Waals surface area (Å²) < 4.78 is 5.34. The summed E-state index contributed by atoms with van der Waals surface area (Å²) in [6.07, 6.45) is 4.02. The second-order valence-corrected chi connectivity index (χ2v) is 4.92. The summed E-state index contributed by atoms with van der Waals surface area (Å²) in [4.78, 5) is 13.0. The number of fused-ring (bicyclic) bond motifs is 1. The number of nitrogens with zero attached hydrogens (tertiary/aromatic N) is 4. The summed E-state index contributed by atoms with van der Waals surface area (Å²) in [5, 5.41) is 3.98. The molecule has 3 rings (SSSR count). The van der Waals surface area contributed by atoms with E-state index in [9.17, 15) is 0 Å². The van der Waals surface area contributed by atoms with Crippen LogP contribution in [0.1, 0.15) is 26.1 Å². The molecule has 0 radical (unpaired) electrons. The van der Waals surface area contributed by atoms with Crippen LogP contribution in [-0.4, -0.2) is 20.1 Å². The molecule has 0 saturated heterocycles. The number of hydrogen-bond acceptors (Lipinski definition) is 6. The Morgan fingerprint density at radius 2 is 2.05 bits per heavy atom. The molecular weight excluding hydrogens is 254 g/mol. The van der Waals surface area contributed by atoms with Crippen LogP contribution >= 0.6 is 0 Å². The van der Waals surface area contributed by atoms with Gasteiger partial charge in [-0.3, -0.25) is 9.97 Å². The predicted molar refractivity (Wildman–Crippen MR) is 74.7 cm³/mol. The van der Waals surface area contributed by atoms with Gasteiger partial charge < -0.3 is 10.3 Å². The third-order valence-corrected chi connectivity index (χ3v) is 3.40. The maximum absolute atomic E-state index is 6.13. The summed E-state index contributed by atoms with van der Waals surface area (Å²) in [6, 6.07) is 5.66. The molecule has 2 N–H and O–H groups in total. The van der Waals surface area contributed by atoms with Crippen molar-refractivity contribution in [2.75, 3.05) is 0 Å². The highest BCUT2D eigenvalue weighted by Gasteiger charge is 2.26. The Hall–Kier alpha value is -2.34. The van der Waals surface area contributed by atoms with Crippen molar-refractivity contribution < 1.29 is 4.52 Å². The van der Waals surface area contributed by atoms with E-state index in [1.54, 1.807) is 12.4 Å². The molecule has 6 heteroatoms. The van der Waals surface area contributed by atoms with E-state index in [-0.39, 0.29) is 0 Å². The smallest absolute Gasteiger partial charge is 0.260 e. The summed E-state index contributed by atoms with van der Waals surface area (Å²) in [7, 11) is 0. The molecule has 0 aliphatic rings. The molecule has 2 heterocycles. The molecule has 3 aromatic rings. The van der Waals surface area contributed by atoms with Gasteiger partial charge in [-0.2, -0.15) is 4.98 Å². The van der Waals surface area contributed by atoms with Crippen molar-refractivity contribution in [2.45, 2.75) is 25.8 Å². The lowest BCUT2D eigenvalue weighted by atomic mass is 10.00. The molecule has 0 saturated carbocycles. The van der Waals surface area contributed by atoms with Gasteiger partial charge in [0, 0.05) is 12.4 Å². The van der Waals surface area contributed by atoms with E-state index >= 15 is 0 Å². The fraction of sp³-hybridized carbons (Fsp3) is 0.286. The second-order valence-electron chi connectivity index (χ2n) is 4.92. The van der Waals surface area contributed by atoms with Crippen LogP contribution in [0.4, 0.5) is 0 Å². The molecule has 20 heavy (non-hydrogen) atoms. The Morgan fingerprint density at radius 1 is 1.25 bits per heavy atom. The van der Waals surface area contributed by atoms with E-state index in [4.69, 9.17) is 10.3 Å². The zero-order chi connectivity index (χ0) is 14.2. The van der Waals surface area contributed by atoms with Gasteiger partial charge in [-0.25, -0.2) is 0 Å². The molecule has 0 bridgehead atoms. The second kappa shape index (κ2) is 4.64. The molecule has 0 spiro atoms. The van der Waals surface area contributed by atoms with Gasteiger partial charge in [0.1, 0.15) is 5.52 Å². The normalized spacial score (nSPS) is 14.3. The summed E-state index contributed by atoms with van der Waals surface area (Å²) in [5.41, 5.74) is 7.82. The fourth-order valence-electron chi connectivity index (χ4n) is 1.89. The van der Waals surface area contributed by atoms with Crippen molar-refractivity contribution in [1.29, 1.82) is 0 Å². The highest BCUT2D eigenvalue weighted by molar-refractivity contribution is 5.88. The van der Waals surface area contributed by atoms with Gasteiger partial charge in [-0.1, -0.05) is 18.1 Å². The third-order valence-electron chi connectivity index (χ3n) is 3.40. The highest BCUT2D eigenvalue weighted by Crippen LogP contribution is 2.27. The van der Waals surface area contributed by atoms with Gasteiger partial charge in [0.15, 0.2) is 5.82 Å². The van der Waals surface area contributed by atoms with Crippen LogP contribution in [0.3, 0.4) is 0 Å². The summed E-state index contributed by atoms with van der Waals surface area (Å²) >= 11 is 0. The Kier molecular flexibility index (Phi) is 2.94. The quantitative estimate of drug-likeness (QED) is 0.784. The molecule has 6 nitrogen and oxygen atoms in total. The number of para-hydroxylation sites is 1. The van der Waals surface area contributed by atoms with Crippen molar-refractivity contribution in [3.8, 4) is 11.5 Å². The Balaban J connectivity index is 2.13. The predicted octanol–water partition coefficient (Wildman–Crippen LogP) is 2.26. The van der Waals surface area contributed by atoms with Gasteiger partial charge in [0.2, 0.25) is 0 Å². The monoisotopic (exact) mass is 269 g/mol. The number of benzene rings is 1. The van der Waals surface area contributed by atoms with Crippen LogP contribution in [0.2, 0.25) is 0 Å². The third kappa shape index (κ3) is 2.04. The Morgan fingerprint density at radius 3 is 2.85 bits per heavy atom. The van der Waals surface area contributed by atoms with Crippen LogP contribution in [0.25, 0.3) is 22.5 Å². The minimum absolute atomic E-state index is 0.413. The first-order chi connectivity index (χ1) is 9.62. The number of nitrogens with two attached hydrogens (primary N) is 1. The topological polar surface area (TPSA) is 90.7 Å². The largest absolute Gasteiger partial charge is 0.334 e. The van der Waals surface area contributed by atoms with Gasteiger partial charge in [0.25, 0.3) is 5.89 Å². The minimum atomic E-state index is -0.599. The van der Waals surface area contributed by atoms with Crippen molar-refractivity contribution >= 4 is 11.0 Å². The van der Waals surface area contributed by atoms with Gasteiger partial charge >= 0.3 is 0 Å². The van der Waals surface area contributed by atoms with E-state index in [2.05, 4.69) is 20.1 Å². The van der Waals surface area contributed by atoms with Crippen LogP contribution in [0, 0.1) is 0 Å². The van der Waals surface area contributed by atoms with E-state index in [0.717, 1.165) is 23.0 Å². The summed E-state index contributed by atoms with van der Waals surface area (Å²) in [6.45, 7) is 3.87. The SMILES string of the molecule is CCC(C)(N)c1noc(-c2cccc3nccnc23)n1. The van der Waals surface area contributed by atoms with Crippen LogP contribution < -0.4 is 5.73 Å². The number of rotatable bonds is 3. The van der Waals surface area contributed by atoms with Gasteiger partial charge in [0.05, 0.1) is 16.6 Å². The minimum Gasteiger partial charge on any atom is -0.334 e. The van der Waals surface area contributed by atoms with Gasteiger partial charge in [-0.05, 0) is 25.5 Å². The molecule has 1 atom stereocenters. The Bertz CT molecular complexity index is 745. The van der Waals surface area contributed by atoms with Crippen molar-refractivity contribution in [1.82, 2.24) is 20.1 Å². The Labute approximate surface area is 116 Å². The van der Waals surface area contributed by atoms with Crippen molar-refractivity contribution in [3.63, 3.8) is 0 Å². The molecule has 0 aliphatic carbocycles. The van der Waals surface area contributed by atoms with Crippen LogP contribution in [0.5, 0.6) is 0 Å².